The minimum atomic E-state index is -1.67. The number of carbonyl (C=O) groups is 1. The number of carbonyl (C=O) groups excluding carboxylic acids is 1. The Morgan fingerprint density at radius 3 is 2.56 bits per heavy atom. The molecule has 0 aliphatic carbocycles. The van der Waals surface area contributed by atoms with Gasteiger partial charge in [0.25, 0.3) is 5.91 Å². The van der Waals surface area contributed by atoms with E-state index in [0.717, 1.165) is 21.7 Å². The number of hydrogen-bond donors (Lipinski definition) is 3. The average Bonchev–Trinajstić information content (AvgIpc) is 3.30. The summed E-state index contributed by atoms with van der Waals surface area (Å²) in [5, 5.41) is 39.2. The van der Waals surface area contributed by atoms with Crippen LogP contribution in [0.1, 0.15) is 6.04 Å². The third kappa shape index (κ3) is 4.40. The van der Waals surface area contributed by atoms with Crippen molar-refractivity contribution in [1.82, 2.24) is 15.0 Å². The van der Waals surface area contributed by atoms with Crippen LogP contribution in [0.2, 0.25) is 0 Å². The lowest BCUT2D eigenvalue weighted by molar-refractivity contribution is -0.205. The van der Waals surface area contributed by atoms with E-state index in [2.05, 4.69) is 10.3 Å². The predicted molar refractivity (Wildman–Crippen MR) is 112 cm³/mol. The summed E-state index contributed by atoms with van der Waals surface area (Å²) in [5.74, 6) is -3.59. The third-order valence-electron chi connectivity index (χ3n) is 5.69. The van der Waals surface area contributed by atoms with Gasteiger partial charge in [-0.3, -0.25) is 4.79 Å². The van der Waals surface area contributed by atoms with Crippen LogP contribution in [0.3, 0.4) is 0 Å². The summed E-state index contributed by atoms with van der Waals surface area (Å²) in [5.41, 5.74) is 0.636. The van der Waals surface area contributed by atoms with Gasteiger partial charge in [-0.1, -0.05) is 17.3 Å². The van der Waals surface area contributed by atoms with Crippen LogP contribution in [0.4, 0.5) is 18.9 Å². The van der Waals surface area contributed by atoms with Crippen LogP contribution in [0.25, 0.3) is 11.3 Å². The van der Waals surface area contributed by atoms with Gasteiger partial charge in [0.2, 0.25) is 0 Å². The summed E-state index contributed by atoms with van der Waals surface area (Å²) < 4.78 is 47.0. The van der Waals surface area contributed by atoms with E-state index >= 15 is 0 Å². The largest absolute Gasteiger partial charge is 0.394 e. The molecule has 1 aliphatic heterocycles. The first-order chi connectivity index (χ1) is 16.2. The lowest BCUT2D eigenvalue weighted by atomic mass is 9.92. The van der Waals surface area contributed by atoms with Gasteiger partial charge in [-0.05, 0) is 24.3 Å². The zero-order valence-electron chi connectivity index (χ0n) is 17.8. The van der Waals surface area contributed by atoms with Crippen LogP contribution in [-0.4, -0.2) is 74.3 Å². The SMILES string of the molecule is CN(C(=O)[C@@H]1OC(CO)[C@H](O)C(n2cc(-c3cccc(F)c3)nn2)[C@@H]1O)c1ccc(F)c(F)c1. The maximum atomic E-state index is 13.6. The van der Waals surface area contributed by atoms with Crippen molar-refractivity contribution in [3.63, 3.8) is 0 Å². The van der Waals surface area contributed by atoms with E-state index in [1.165, 1.54) is 37.5 Å². The van der Waals surface area contributed by atoms with Crippen molar-refractivity contribution in [2.24, 2.45) is 0 Å². The first-order valence-corrected chi connectivity index (χ1v) is 10.2. The second-order valence-corrected chi connectivity index (χ2v) is 7.84. The van der Waals surface area contributed by atoms with Crippen LogP contribution < -0.4 is 4.90 Å². The maximum Gasteiger partial charge on any atom is 0.258 e. The predicted octanol–water partition coefficient (Wildman–Crippen LogP) is 1.05. The zero-order valence-corrected chi connectivity index (χ0v) is 17.8. The number of likely N-dealkylation sites (N-methyl/N-ethyl adjacent to an activating group) is 1. The van der Waals surface area contributed by atoms with Gasteiger partial charge in [-0.25, -0.2) is 17.9 Å². The van der Waals surface area contributed by atoms with Crippen LogP contribution in [-0.2, 0) is 9.53 Å². The minimum Gasteiger partial charge on any atom is -0.394 e. The van der Waals surface area contributed by atoms with Crippen molar-refractivity contribution in [2.75, 3.05) is 18.6 Å². The van der Waals surface area contributed by atoms with Gasteiger partial charge in [0.15, 0.2) is 17.7 Å². The van der Waals surface area contributed by atoms with Crippen molar-refractivity contribution in [3.05, 3.63) is 66.1 Å². The van der Waals surface area contributed by atoms with Crippen molar-refractivity contribution < 1.29 is 38.0 Å². The van der Waals surface area contributed by atoms with Crippen LogP contribution in [0.15, 0.2) is 48.7 Å². The minimum absolute atomic E-state index is 0.00272. The van der Waals surface area contributed by atoms with Gasteiger partial charge >= 0.3 is 0 Å². The Balaban J connectivity index is 1.63. The Labute approximate surface area is 191 Å². The molecule has 0 spiro atoms. The topological polar surface area (TPSA) is 121 Å². The highest BCUT2D eigenvalue weighted by molar-refractivity contribution is 5.96. The molecule has 2 heterocycles. The number of aliphatic hydroxyl groups excluding tert-OH is 3. The Morgan fingerprint density at radius 2 is 1.88 bits per heavy atom. The fourth-order valence-electron chi connectivity index (χ4n) is 3.83. The summed E-state index contributed by atoms with van der Waals surface area (Å²) in [4.78, 5) is 14.0. The molecule has 180 valence electrons. The summed E-state index contributed by atoms with van der Waals surface area (Å²) >= 11 is 0. The molecule has 1 saturated heterocycles. The molecule has 0 bridgehead atoms. The molecule has 9 nitrogen and oxygen atoms in total. The average molecular weight is 478 g/mol. The molecular weight excluding hydrogens is 457 g/mol. The number of nitrogens with zero attached hydrogens (tertiary/aromatic N) is 4. The van der Waals surface area contributed by atoms with Gasteiger partial charge in [-0.15, -0.1) is 5.10 Å². The standard InChI is InChI=1S/C22H21F3N4O5/c1-28(13-5-6-14(24)15(25)8-13)22(33)21-20(32)18(19(31)17(10-30)34-21)29-9-16(26-27-29)11-3-2-4-12(23)7-11/h2-9,17-21,30-32H,10H2,1H3/t17?,18?,19-,20-,21+/m0/s1. The van der Waals surface area contributed by atoms with Gasteiger partial charge in [0.05, 0.1) is 12.8 Å². The number of ether oxygens (including phenoxy) is 1. The highest BCUT2D eigenvalue weighted by Gasteiger charge is 2.49. The normalized spacial score (nSPS) is 24.7. The van der Waals surface area contributed by atoms with Crippen molar-refractivity contribution in [2.45, 2.75) is 30.5 Å². The summed E-state index contributed by atoms with van der Waals surface area (Å²) in [6.07, 6.45) is -4.67. The van der Waals surface area contributed by atoms with Gasteiger partial charge in [0.1, 0.15) is 35.9 Å². The highest BCUT2D eigenvalue weighted by Crippen LogP contribution is 2.32. The third-order valence-corrected chi connectivity index (χ3v) is 5.69. The van der Waals surface area contributed by atoms with Crippen LogP contribution in [0, 0.1) is 17.5 Å². The summed E-state index contributed by atoms with van der Waals surface area (Å²) in [7, 11) is 1.27. The number of halogens is 3. The molecule has 5 atom stereocenters. The molecule has 0 radical (unpaired) electrons. The summed E-state index contributed by atoms with van der Waals surface area (Å²) in [6.45, 7) is -0.686. The molecule has 34 heavy (non-hydrogen) atoms. The van der Waals surface area contributed by atoms with Gasteiger partial charge in [-0.2, -0.15) is 0 Å². The number of rotatable bonds is 5. The van der Waals surface area contributed by atoms with E-state index in [4.69, 9.17) is 4.74 Å². The van der Waals surface area contributed by atoms with Crippen LogP contribution >= 0.6 is 0 Å². The quantitative estimate of drug-likeness (QED) is 0.501. The molecule has 2 aromatic carbocycles. The lowest BCUT2D eigenvalue weighted by Crippen LogP contribution is -2.60. The number of aliphatic hydroxyl groups is 3. The van der Waals surface area contributed by atoms with Gasteiger partial charge in [0, 0.05) is 24.4 Å². The Hall–Kier alpha value is -3.32. The Bertz CT molecular complexity index is 1190. The van der Waals surface area contributed by atoms with E-state index in [1.807, 2.05) is 0 Å². The smallest absolute Gasteiger partial charge is 0.258 e. The molecule has 3 N–H and O–H groups in total. The second-order valence-electron chi connectivity index (χ2n) is 7.84. The highest BCUT2D eigenvalue weighted by atomic mass is 19.2. The molecule has 1 amide bonds. The Morgan fingerprint density at radius 1 is 1.12 bits per heavy atom. The fraction of sp³-hybridized carbons (Fsp3) is 0.318. The number of benzene rings is 2. The van der Waals surface area contributed by atoms with Crippen molar-refractivity contribution in [1.29, 1.82) is 0 Å². The first kappa shape index (κ1) is 23.8. The second kappa shape index (κ2) is 9.50. The van der Waals surface area contributed by atoms with E-state index in [0.29, 0.717) is 5.56 Å². The molecule has 2 unspecified atom stereocenters. The van der Waals surface area contributed by atoms with Crippen molar-refractivity contribution >= 4 is 11.6 Å². The number of amides is 1. The van der Waals surface area contributed by atoms with E-state index < -0.39 is 60.4 Å². The van der Waals surface area contributed by atoms with E-state index in [1.54, 1.807) is 6.07 Å². The number of aromatic nitrogens is 3. The molecule has 1 aromatic heterocycles. The van der Waals surface area contributed by atoms with Crippen LogP contribution in [0.5, 0.6) is 0 Å². The molecule has 3 aromatic rings. The van der Waals surface area contributed by atoms with Crippen molar-refractivity contribution in [3.8, 4) is 11.3 Å². The number of anilines is 1. The maximum absolute atomic E-state index is 13.6. The lowest BCUT2D eigenvalue weighted by Gasteiger charge is -2.42. The Kier molecular flexibility index (Phi) is 6.66. The van der Waals surface area contributed by atoms with Gasteiger partial charge < -0.3 is 25.0 Å². The first-order valence-electron chi connectivity index (χ1n) is 10.2. The molecule has 12 heteroatoms. The molecule has 0 saturated carbocycles. The fourth-order valence-corrected chi connectivity index (χ4v) is 3.83. The molecular formula is C22H21F3N4O5. The van der Waals surface area contributed by atoms with E-state index in [9.17, 15) is 33.3 Å². The summed E-state index contributed by atoms with van der Waals surface area (Å²) in [6, 6.07) is 7.11. The monoisotopic (exact) mass is 478 g/mol. The molecule has 1 aliphatic rings. The molecule has 4 rings (SSSR count). The molecule has 1 fully saturated rings. The number of hydrogen-bond acceptors (Lipinski definition) is 7. The van der Waals surface area contributed by atoms with E-state index in [-0.39, 0.29) is 11.4 Å². The zero-order chi connectivity index (χ0) is 24.6.